The van der Waals surface area contributed by atoms with Gasteiger partial charge in [-0.1, -0.05) is 34.6 Å². The summed E-state index contributed by atoms with van der Waals surface area (Å²) in [5.41, 5.74) is 36.8. The summed E-state index contributed by atoms with van der Waals surface area (Å²) in [5, 5.41) is 30.8. The summed E-state index contributed by atoms with van der Waals surface area (Å²) in [5.74, 6) is -7.52. The number of nitrogens with zero attached hydrogens (tertiary/aromatic N) is 7. The number of phosphoric acid groups is 1. The van der Waals surface area contributed by atoms with Crippen molar-refractivity contribution in [2.24, 2.45) is 99.7 Å². The van der Waals surface area contributed by atoms with Crippen molar-refractivity contribution < 1.29 is 83.8 Å². The summed E-state index contributed by atoms with van der Waals surface area (Å²) in [7, 11) is -5.07. The number of hydrogen-bond acceptors (Lipinski definition) is 19. The third-order valence-electron chi connectivity index (χ3n) is 20.2. The van der Waals surface area contributed by atoms with Crippen LogP contribution in [0.5, 0.6) is 0 Å². The van der Waals surface area contributed by atoms with Crippen LogP contribution in [0.3, 0.4) is 0 Å². The number of nitrogens with two attached hydrogens (primary N) is 6. The SMILES string of the molecule is C/C1=C2/N=C([C@H](CC(N)=O)[C@@]2(C)CCC(=O)NC[C@@H](C)OP(=O)(O)O[C@H]2[C@@H](O)[C@@H](n3cnc4cc(C)c(C)cc43)O[C@@H]2CO)[C@]2(C)N=C(/C(C)=C3N=C(/C=C4N=C1[C@@H](CCC(N)=O)C\4(C)C)[C@@H](CCC(N)=O)[C@]\3(C)CC(N)=O)[C@@H](CCC(N)=O)[C@]2(C)CC(N)=O.[C-]#N.[Co]. The van der Waals surface area contributed by atoms with E-state index in [0.29, 0.717) is 62.1 Å². The van der Waals surface area contributed by atoms with Gasteiger partial charge in [0.05, 0.1) is 47.2 Å². The maximum Gasteiger partial charge on any atom is 0.472 e. The van der Waals surface area contributed by atoms with Gasteiger partial charge in [0.25, 0.3) is 0 Å². The van der Waals surface area contributed by atoms with E-state index < -0.39 is 137 Å². The molecule has 7 heterocycles. The number of fused-ring (bicyclic) bond motifs is 6. The van der Waals surface area contributed by atoms with Crippen LogP contribution in [0, 0.1) is 71.0 Å². The van der Waals surface area contributed by atoms with Crippen LogP contribution in [0.4, 0.5) is 0 Å². The summed E-state index contributed by atoms with van der Waals surface area (Å²) in [6.07, 6.45) is -4.63. The number of aliphatic imine (C=N–C) groups is 4. The van der Waals surface area contributed by atoms with Crippen LogP contribution in [-0.2, 0) is 68.7 Å². The Morgan fingerprint density at radius 3 is 1.88 bits per heavy atom. The number of benzene rings is 1. The van der Waals surface area contributed by atoms with Gasteiger partial charge in [0, 0.05) is 136 Å². The van der Waals surface area contributed by atoms with E-state index in [2.05, 4.69) is 10.3 Å². The molecule has 1 unspecified atom stereocenters. The Kier molecular flexibility index (Phi) is 22.9. The van der Waals surface area contributed by atoms with E-state index in [4.69, 9.17) is 80.0 Å². The van der Waals surface area contributed by atoms with Crippen LogP contribution < -0.4 is 39.7 Å². The van der Waals surface area contributed by atoms with Crippen LogP contribution in [-0.4, -0.2) is 132 Å². The van der Waals surface area contributed by atoms with Gasteiger partial charge in [-0.2, -0.15) is 0 Å². The van der Waals surface area contributed by atoms with Gasteiger partial charge in [0.2, 0.25) is 41.4 Å². The molecule has 8 bridgehead atoms. The molecule has 6 aliphatic heterocycles. The molecule has 509 valence electrons. The van der Waals surface area contributed by atoms with Crippen molar-refractivity contribution in [2.45, 2.75) is 183 Å². The number of phosphoric ester groups is 1. The summed E-state index contributed by atoms with van der Waals surface area (Å²) in [4.78, 5) is 131. The number of ether oxygens (including phenoxy) is 1. The number of imidazole rings is 1. The molecule has 28 nitrogen and oxygen atoms in total. The molecule has 0 saturated carbocycles. The van der Waals surface area contributed by atoms with Gasteiger partial charge in [-0.15, -0.1) is 0 Å². The molecule has 7 amide bonds. The molecule has 0 aliphatic carbocycles. The molecule has 30 heteroatoms. The number of aryl methyl sites for hydroxylation is 2. The van der Waals surface area contributed by atoms with E-state index in [0.717, 1.165) is 11.1 Å². The third-order valence-corrected chi connectivity index (χ3v) is 21.3. The molecule has 2 aromatic rings. The largest absolute Gasteiger partial charge is 0.512 e. The summed E-state index contributed by atoms with van der Waals surface area (Å²) < 4.78 is 32.2. The van der Waals surface area contributed by atoms with Crippen molar-refractivity contribution in [3.8, 4) is 0 Å². The van der Waals surface area contributed by atoms with Crippen LogP contribution >= 0.6 is 7.82 Å². The number of carbonyl (C=O) groups is 7. The molecule has 16 N–H and O–H groups in total. The molecule has 93 heavy (non-hydrogen) atoms. The molecular formula is C63H88CoN14O14P-. The van der Waals surface area contributed by atoms with Crippen molar-refractivity contribution in [2.75, 3.05) is 13.2 Å². The third kappa shape index (κ3) is 14.6. The smallest absolute Gasteiger partial charge is 0.472 e. The molecule has 1 fully saturated rings. The summed E-state index contributed by atoms with van der Waals surface area (Å²) in [6.45, 7) is 23.7. The summed E-state index contributed by atoms with van der Waals surface area (Å²) in [6, 6.07) is 3.73. The Balaban J connectivity index is 0.00000453. The first-order valence-corrected chi connectivity index (χ1v) is 32.1. The van der Waals surface area contributed by atoms with Gasteiger partial charge in [-0.3, -0.25) is 62.6 Å². The Morgan fingerprint density at radius 1 is 0.753 bits per heavy atom. The Labute approximate surface area is 550 Å². The first kappa shape index (κ1) is 74.9. The van der Waals surface area contributed by atoms with E-state index in [1.54, 1.807) is 25.3 Å². The molecular weight excluding hydrogens is 1270 g/mol. The van der Waals surface area contributed by atoms with E-state index in [1.807, 2.05) is 66.7 Å². The number of carbonyl (C=O) groups excluding carboxylic acids is 7. The fourth-order valence-electron chi connectivity index (χ4n) is 15.0. The van der Waals surface area contributed by atoms with Crippen molar-refractivity contribution >= 4 is 83.1 Å². The first-order chi connectivity index (χ1) is 42.8. The maximum absolute atomic E-state index is 14.4. The molecule has 1 saturated heterocycles. The minimum Gasteiger partial charge on any atom is -0.512 e. The zero-order chi connectivity index (χ0) is 68.7. The second-order valence-electron chi connectivity index (χ2n) is 26.8. The Bertz CT molecular complexity index is 3670. The number of aliphatic hydroxyl groups excluding tert-OH is 2. The van der Waals surface area contributed by atoms with Crippen LogP contribution in [0.2, 0.25) is 0 Å². The molecule has 1 aromatic heterocycles. The average molecular weight is 1360 g/mol. The number of hydrogen-bond donors (Lipinski definition) is 10. The van der Waals surface area contributed by atoms with Gasteiger partial charge < -0.3 is 76.0 Å². The standard InChI is InChI=1S/C62H88N13O14P.CN.Co/c1-29-20-39-40(21-30(29)2)75(28-70-39)57-52(84)53(41(27-76)87-57)89-90(85,86)88-31(3)26-69-49(83)18-19-59(8)37(22-46(66)80)56-62(11)61(10,25-48(68)82)36(14-17-45(65)79)51(74-62)33(5)55-60(9,24-47(67)81)34(12-15-43(63)77)38(71-55)23-42-58(6,7)35(13-16-44(64)78)50(72-42)32(4)54(59)73-56;1-2;/h20-21,23,28,31,34-37,41,52-53,57,76,84H,12-19,22,24-27H2,1-11H3,(H2,63,77)(H2,64,78)(H2,65,79)(H2,66,80)(H2,67,81)(H2,68,82)(H,69,83)(H,85,86);;/q;-1;/b42-23-,54-32-,55-33-;;/t31-,34-,35-,36-,37+,41-,52-,53-,57+,59-,60+,61+,62+;;/m1../s1. The molecule has 0 spiro atoms. The van der Waals surface area contributed by atoms with Gasteiger partial charge in [-0.05, 0) is 108 Å². The first-order valence-electron chi connectivity index (χ1n) is 30.6. The molecule has 14 atom stereocenters. The van der Waals surface area contributed by atoms with Gasteiger partial charge in [0.1, 0.15) is 23.9 Å². The van der Waals surface area contributed by atoms with Gasteiger partial charge in [0.15, 0.2) is 6.23 Å². The van der Waals surface area contributed by atoms with E-state index >= 15 is 0 Å². The quantitative estimate of drug-likeness (QED) is 0.0474. The number of aliphatic hydroxyl groups is 2. The minimum atomic E-state index is -5.07. The fourth-order valence-corrected chi connectivity index (χ4v) is 16.2. The van der Waals surface area contributed by atoms with Crippen molar-refractivity contribution in [3.63, 3.8) is 0 Å². The second-order valence-corrected chi connectivity index (χ2v) is 28.2. The fraction of sp³-hybridized carbons (Fsp3) is 0.603. The number of rotatable bonds is 26. The number of nitrogens with one attached hydrogen (secondary N) is 1. The maximum atomic E-state index is 14.4. The topological polar surface area (TPSA) is 484 Å². The van der Waals surface area contributed by atoms with Gasteiger partial charge >= 0.3 is 7.82 Å². The van der Waals surface area contributed by atoms with E-state index in [-0.39, 0.29) is 94.0 Å². The van der Waals surface area contributed by atoms with Crippen LogP contribution in [0.1, 0.15) is 150 Å². The Morgan fingerprint density at radius 2 is 1.31 bits per heavy atom. The van der Waals surface area contributed by atoms with E-state index in [1.165, 1.54) is 13.3 Å². The molecule has 8 rings (SSSR count). The number of primary amides is 6. The van der Waals surface area contributed by atoms with E-state index in [9.17, 15) is 53.2 Å². The number of allylic oxidation sites excluding steroid dienone is 6. The second kappa shape index (κ2) is 28.4. The van der Waals surface area contributed by atoms with Gasteiger partial charge in [-0.25, -0.2) is 9.55 Å². The number of amides is 7. The monoisotopic (exact) mass is 1350 g/mol. The normalized spacial score (nSPS) is 32.4. The zero-order valence-corrected chi connectivity index (χ0v) is 56.3. The predicted molar refractivity (Wildman–Crippen MR) is 339 cm³/mol. The molecule has 6 aliphatic rings. The minimum absolute atomic E-state index is 0. The number of aromatic nitrogens is 2. The van der Waals surface area contributed by atoms with Crippen LogP contribution in [0.15, 0.2) is 72.7 Å². The molecule has 1 aromatic carbocycles. The summed E-state index contributed by atoms with van der Waals surface area (Å²) >= 11 is 0. The predicted octanol–water partition coefficient (Wildman–Crippen LogP) is 3.74. The zero-order valence-electron chi connectivity index (χ0n) is 54.4. The van der Waals surface area contributed by atoms with Crippen molar-refractivity contribution in [1.29, 1.82) is 5.26 Å². The van der Waals surface area contributed by atoms with Crippen molar-refractivity contribution in [3.05, 3.63) is 70.5 Å². The molecule has 1 radical (unpaired) electrons. The Hall–Kier alpha value is -7.13. The van der Waals surface area contributed by atoms with Crippen molar-refractivity contribution in [1.82, 2.24) is 14.9 Å². The average Bonchev–Trinajstić information content (AvgIpc) is 1.53. The van der Waals surface area contributed by atoms with Crippen LogP contribution in [0.25, 0.3) is 11.0 Å².